The van der Waals surface area contributed by atoms with Gasteiger partial charge in [-0.05, 0) is 50.2 Å². The molecule has 3 rings (SSSR count). The van der Waals surface area contributed by atoms with Crippen molar-refractivity contribution in [2.45, 2.75) is 32.2 Å². The second-order valence-corrected chi connectivity index (χ2v) is 6.68. The summed E-state index contributed by atoms with van der Waals surface area (Å²) in [6.45, 7) is 4.17. The predicted molar refractivity (Wildman–Crippen MR) is 85.4 cm³/mol. The largest absolute Gasteiger partial charge is 0.371 e. The Morgan fingerprint density at radius 3 is 2.78 bits per heavy atom. The molecule has 2 amide bonds. The molecule has 2 N–H and O–H groups in total. The van der Waals surface area contributed by atoms with E-state index in [0.29, 0.717) is 24.1 Å². The van der Waals surface area contributed by atoms with Crippen LogP contribution in [0.15, 0.2) is 18.2 Å². The van der Waals surface area contributed by atoms with Gasteiger partial charge < -0.3 is 15.5 Å². The lowest BCUT2D eigenvalue weighted by atomic mass is 10.1. The van der Waals surface area contributed by atoms with E-state index in [9.17, 15) is 13.6 Å². The van der Waals surface area contributed by atoms with Crippen LogP contribution in [0.1, 0.15) is 26.2 Å². The van der Waals surface area contributed by atoms with Crippen LogP contribution in [0, 0.1) is 23.5 Å². The van der Waals surface area contributed by atoms with E-state index in [-0.39, 0.29) is 12.1 Å². The zero-order valence-corrected chi connectivity index (χ0v) is 13.3. The summed E-state index contributed by atoms with van der Waals surface area (Å²) in [5, 5.41) is 5.89. The van der Waals surface area contributed by atoms with Crippen molar-refractivity contribution < 1.29 is 13.6 Å². The topological polar surface area (TPSA) is 44.4 Å². The van der Waals surface area contributed by atoms with Gasteiger partial charge in [-0.2, -0.15) is 0 Å². The number of amides is 2. The standard InChI is InChI=1S/C17H23F2N3O/c1-11(13-2-3-13)21-17(23)20-9-12-6-7-22(10-12)14-4-5-15(18)16(19)8-14/h4-5,8,11-13H,2-3,6-7,9-10H2,1H3,(H2,20,21,23). The number of rotatable bonds is 5. The zero-order valence-electron chi connectivity index (χ0n) is 13.3. The predicted octanol–water partition coefficient (Wildman–Crippen LogP) is 2.89. The Morgan fingerprint density at radius 1 is 1.30 bits per heavy atom. The summed E-state index contributed by atoms with van der Waals surface area (Å²) >= 11 is 0. The number of nitrogens with one attached hydrogen (secondary N) is 2. The molecule has 2 atom stereocenters. The third kappa shape index (κ3) is 4.12. The Hall–Kier alpha value is -1.85. The van der Waals surface area contributed by atoms with E-state index in [1.807, 2.05) is 11.8 Å². The van der Waals surface area contributed by atoms with E-state index in [4.69, 9.17) is 0 Å². The van der Waals surface area contributed by atoms with Crippen LogP contribution in [0.4, 0.5) is 19.3 Å². The average Bonchev–Trinajstić information content (AvgIpc) is 3.27. The normalized spacial score (nSPS) is 22.0. The molecule has 126 valence electrons. The van der Waals surface area contributed by atoms with E-state index in [1.54, 1.807) is 6.07 Å². The summed E-state index contributed by atoms with van der Waals surface area (Å²) in [4.78, 5) is 13.9. The van der Waals surface area contributed by atoms with Gasteiger partial charge >= 0.3 is 6.03 Å². The van der Waals surface area contributed by atoms with Gasteiger partial charge in [-0.25, -0.2) is 13.6 Å². The van der Waals surface area contributed by atoms with Gasteiger partial charge in [0.2, 0.25) is 0 Å². The van der Waals surface area contributed by atoms with Crippen molar-refractivity contribution in [3.63, 3.8) is 0 Å². The molecule has 0 aromatic heterocycles. The first-order valence-electron chi connectivity index (χ1n) is 8.27. The van der Waals surface area contributed by atoms with Crippen LogP contribution >= 0.6 is 0 Å². The summed E-state index contributed by atoms with van der Waals surface area (Å²) in [6.07, 6.45) is 3.33. The number of carbonyl (C=O) groups excluding carboxylic acids is 1. The average molecular weight is 323 g/mol. The van der Waals surface area contributed by atoms with Gasteiger partial charge in [-0.1, -0.05) is 0 Å². The summed E-state index contributed by atoms with van der Waals surface area (Å²) in [5.74, 6) is -0.689. The van der Waals surface area contributed by atoms with Crippen LogP contribution in [-0.4, -0.2) is 31.7 Å². The molecule has 2 unspecified atom stereocenters. The molecule has 1 heterocycles. The maximum Gasteiger partial charge on any atom is 0.315 e. The van der Waals surface area contributed by atoms with E-state index in [0.717, 1.165) is 25.6 Å². The molecule has 0 bridgehead atoms. The molecule has 4 nitrogen and oxygen atoms in total. The first-order chi connectivity index (χ1) is 11.0. The smallest absolute Gasteiger partial charge is 0.315 e. The number of hydrogen-bond donors (Lipinski definition) is 2. The fourth-order valence-electron chi connectivity index (χ4n) is 3.12. The van der Waals surface area contributed by atoms with Crippen LogP contribution in [-0.2, 0) is 0 Å². The number of halogens is 2. The molecule has 1 aromatic rings. The first kappa shape index (κ1) is 16.0. The fourth-order valence-corrected chi connectivity index (χ4v) is 3.12. The maximum absolute atomic E-state index is 13.3. The minimum atomic E-state index is -0.826. The van der Waals surface area contributed by atoms with Gasteiger partial charge in [0.25, 0.3) is 0 Å². The molecule has 1 aliphatic heterocycles. The molecular weight excluding hydrogens is 300 g/mol. The molecular formula is C17H23F2N3O. The maximum atomic E-state index is 13.3. The van der Waals surface area contributed by atoms with Gasteiger partial charge in [0, 0.05) is 37.4 Å². The third-order valence-corrected chi connectivity index (χ3v) is 4.79. The van der Waals surface area contributed by atoms with Gasteiger partial charge in [-0.3, -0.25) is 0 Å². The molecule has 0 radical (unpaired) electrons. The van der Waals surface area contributed by atoms with Crippen molar-refractivity contribution in [1.29, 1.82) is 0 Å². The molecule has 2 fully saturated rings. The monoisotopic (exact) mass is 323 g/mol. The Morgan fingerprint density at radius 2 is 2.09 bits per heavy atom. The van der Waals surface area contributed by atoms with E-state index < -0.39 is 11.6 Å². The molecule has 1 aromatic carbocycles. The quantitative estimate of drug-likeness (QED) is 0.875. The van der Waals surface area contributed by atoms with Crippen molar-refractivity contribution in [1.82, 2.24) is 10.6 Å². The van der Waals surface area contributed by atoms with Gasteiger partial charge in [0.15, 0.2) is 11.6 Å². The summed E-state index contributed by atoms with van der Waals surface area (Å²) < 4.78 is 26.3. The number of carbonyl (C=O) groups is 1. The van der Waals surface area contributed by atoms with E-state index in [2.05, 4.69) is 10.6 Å². The minimum absolute atomic E-state index is 0.115. The summed E-state index contributed by atoms with van der Waals surface area (Å²) in [6, 6.07) is 4.10. The van der Waals surface area contributed by atoms with Crippen molar-refractivity contribution in [3.05, 3.63) is 29.8 Å². The number of nitrogens with zero attached hydrogens (tertiary/aromatic N) is 1. The highest BCUT2D eigenvalue weighted by Gasteiger charge is 2.29. The highest BCUT2D eigenvalue weighted by molar-refractivity contribution is 5.74. The lowest BCUT2D eigenvalue weighted by molar-refractivity contribution is 0.235. The fraction of sp³-hybridized carbons (Fsp3) is 0.588. The Labute approximate surface area is 135 Å². The highest BCUT2D eigenvalue weighted by Crippen LogP contribution is 2.32. The summed E-state index contributed by atoms with van der Waals surface area (Å²) in [7, 11) is 0. The first-order valence-corrected chi connectivity index (χ1v) is 8.27. The van der Waals surface area contributed by atoms with Gasteiger partial charge in [-0.15, -0.1) is 0 Å². The highest BCUT2D eigenvalue weighted by atomic mass is 19.2. The van der Waals surface area contributed by atoms with Gasteiger partial charge in [0.1, 0.15) is 0 Å². The third-order valence-electron chi connectivity index (χ3n) is 4.79. The lowest BCUT2D eigenvalue weighted by Gasteiger charge is -2.19. The Kier molecular flexibility index (Phi) is 4.68. The number of benzene rings is 1. The molecule has 2 aliphatic rings. The molecule has 23 heavy (non-hydrogen) atoms. The molecule has 0 spiro atoms. The summed E-state index contributed by atoms with van der Waals surface area (Å²) in [5.41, 5.74) is 0.693. The van der Waals surface area contributed by atoms with E-state index in [1.165, 1.54) is 18.9 Å². The van der Waals surface area contributed by atoms with Crippen LogP contribution in [0.2, 0.25) is 0 Å². The van der Waals surface area contributed by atoms with Crippen molar-refractivity contribution in [2.75, 3.05) is 24.5 Å². The van der Waals surface area contributed by atoms with E-state index >= 15 is 0 Å². The Bertz CT molecular complexity index is 577. The van der Waals surface area contributed by atoms with Crippen molar-refractivity contribution in [3.8, 4) is 0 Å². The second kappa shape index (κ2) is 6.72. The van der Waals surface area contributed by atoms with Crippen LogP contribution in [0.3, 0.4) is 0 Å². The van der Waals surface area contributed by atoms with Crippen molar-refractivity contribution in [2.24, 2.45) is 11.8 Å². The van der Waals surface area contributed by atoms with Crippen molar-refractivity contribution >= 4 is 11.7 Å². The molecule has 1 saturated heterocycles. The zero-order chi connectivity index (χ0) is 16.4. The van der Waals surface area contributed by atoms with Gasteiger partial charge in [0.05, 0.1) is 0 Å². The second-order valence-electron chi connectivity index (χ2n) is 6.68. The van der Waals surface area contributed by atoms with Crippen LogP contribution < -0.4 is 15.5 Å². The molecule has 6 heteroatoms. The molecule has 1 aliphatic carbocycles. The Balaban J connectivity index is 1.44. The number of hydrogen-bond acceptors (Lipinski definition) is 2. The number of anilines is 1. The number of urea groups is 1. The van der Waals surface area contributed by atoms with Crippen LogP contribution in [0.5, 0.6) is 0 Å². The lowest BCUT2D eigenvalue weighted by Crippen LogP contribution is -2.43. The molecule has 1 saturated carbocycles. The SMILES string of the molecule is CC(NC(=O)NCC1CCN(c2ccc(F)c(F)c2)C1)C1CC1. The van der Waals surface area contributed by atoms with Crippen LogP contribution in [0.25, 0.3) is 0 Å². The minimum Gasteiger partial charge on any atom is -0.371 e.